The SMILES string of the molecule is CNC(=O)[C@@](C)(CCn1ccc2cc(-c3ccc(C)cc3)ccc2c1=O)S(C)(=O)=O. The van der Waals surface area contributed by atoms with Gasteiger partial charge in [-0.2, -0.15) is 0 Å². The largest absolute Gasteiger partial charge is 0.358 e. The third-order valence-electron chi connectivity index (χ3n) is 5.72. The molecule has 0 aliphatic rings. The summed E-state index contributed by atoms with van der Waals surface area (Å²) in [5.74, 6) is -0.582. The van der Waals surface area contributed by atoms with Crippen molar-refractivity contribution >= 4 is 26.5 Å². The molecule has 0 bridgehead atoms. The molecule has 0 spiro atoms. The zero-order valence-electron chi connectivity index (χ0n) is 17.6. The summed E-state index contributed by atoms with van der Waals surface area (Å²) >= 11 is 0. The minimum atomic E-state index is -3.67. The summed E-state index contributed by atoms with van der Waals surface area (Å²) in [4.78, 5) is 25.2. The third kappa shape index (κ3) is 4.03. The van der Waals surface area contributed by atoms with Gasteiger partial charge in [0.05, 0.1) is 0 Å². The van der Waals surface area contributed by atoms with E-state index in [0.29, 0.717) is 5.39 Å². The summed E-state index contributed by atoms with van der Waals surface area (Å²) in [5.41, 5.74) is 3.06. The topological polar surface area (TPSA) is 85.2 Å². The van der Waals surface area contributed by atoms with Crippen LogP contribution in [-0.4, -0.2) is 36.9 Å². The molecule has 3 rings (SSSR count). The highest BCUT2D eigenvalue weighted by molar-refractivity contribution is 7.92. The first-order valence-corrected chi connectivity index (χ1v) is 11.6. The van der Waals surface area contributed by atoms with E-state index in [4.69, 9.17) is 0 Å². The Balaban J connectivity index is 1.94. The zero-order valence-corrected chi connectivity index (χ0v) is 18.4. The number of aromatic nitrogens is 1. The van der Waals surface area contributed by atoms with Gasteiger partial charge in [0.2, 0.25) is 5.91 Å². The predicted octanol–water partition coefficient (Wildman–Crippen LogP) is 2.92. The molecule has 0 saturated carbocycles. The van der Waals surface area contributed by atoms with Gasteiger partial charge in [0.1, 0.15) is 4.75 Å². The second kappa shape index (κ2) is 8.07. The van der Waals surface area contributed by atoms with Crippen LogP contribution in [0.15, 0.2) is 59.5 Å². The molecule has 0 aliphatic heterocycles. The van der Waals surface area contributed by atoms with Gasteiger partial charge in [-0.3, -0.25) is 9.59 Å². The van der Waals surface area contributed by atoms with Crippen molar-refractivity contribution in [1.82, 2.24) is 9.88 Å². The fraction of sp³-hybridized carbons (Fsp3) is 0.304. The quantitative estimate of drug-likeness (QED) is 0.657. The number of sulfone groups is 1. The molecule has 0 unspecified atom stereocenters. The number of hydrogen-bond acceptors (Lipinski definition) is 4. The maximum atomic E-state index is 12.9. The van der Waals surface area contributed by atoms with Crippen molar-refractivity contribution in [2.24, 2.45) is 0 Å². The Bertz CT molecular complexity index is 1260. The van der Waals surface area contributed by atoms with Gasteiger partial charge < -0.3 is 9.88 Å². The molecule has 1 aromatic heterocycles. The van der Waals surface area contributed by atoms with Crippen LogP contribution < -0.4 is 10.9 Å². The van der Waals surface area contributed by atoms with Gasteiger partial charge in [-0.05, 0) is 55.0 Å². The lowest BCUT2D eigenvalue weighted by atomic mass is 10.0. The van der Waals surface area contributed by atoms with E-state index >= 15 is 0 Å². The first-order chi connectivity index (χ1) is 14.1. The normalized spacial score (nSPS) is 13.7. The van der Waals surface area contributed by atoms with Crippen LogP contribution in [0.5, 0.6) is 0 Å². The molecule has 6 nitrogen and oxygen atoms in total. The van der Waals surface area contributed by atoms with Crippen LogP contribution in [0.3, 0.4) is 0 Å². The van der Waals surface area contributed by atoms with Crippen molar-refractivity contribution in [3.05, 3.63) is 70.6 Å². The number of carbonyl (C=O) groups excluding carboxylic acids is 1. The molecule has 158 valence electrons. The van der Waals surface area contributed by atoms with E-state index in [0.717, 1.165) is 22.8 Å². The molecular weight excluding hydrogens is 400 g/mol. The molecule has 2 aromatic carbocycles. The molecule has 1 heterocycles. The number of nitrogens with zero attached hydrogens (tertiary/aromatic N) is 1. The maximum Gasteiger partial charge on any atom is 0.258 e. The van der Waals surface area contributed by atoms with E-state index in [1.165, 1.54) is 24.1 Å². The van der Waals surface area contributed by atoms with E-state index in [1.807, 2.05) is 49.4 Å². The fourth-order valence-corrected chi connectivity index (χ4v) is 4.36. The average Bonchev–Trinajstić information content (AvgIpc) is 2.72. The van der Waals surface area contributed by atoms with Crippen molar-refractivity contribution in [2.75, 3.05) is 13.3 Å². The highest BCUT2D eigenvalue weighted by atomic mass is 32.2. The number of rotatable bonds is 6. The molecule has 1 amide bonds. The van der Waals surface area contributed by atoms with Gasteiger partial charge in [0.25, 0.3) is 5.56 Å². The molecule has 7 heteroatoms. The molecule has 30 heavy (non-hydrogen) atoms. The van der Waals surface area contributed by atoms with E-state index < -0.39 is 20.5 Å². The number of benzene rings is 2. The van der Waals surface area contributed by atoms with Crippen LogP contribution in [0.2, 0.25) is 0 Å². The lowest BCUT2D eigenvalue weighted by Crippen LogP contribution is -2.49. The van der Waals surface area contributed by atoms with Crippen molar-refractivity contribution in [1.29, 1.82) is 0 Å². The minimum absolute atomic E-state index is 0.00162. The third-order valence-corrected chi connectivity index (χ3v) is 7.74. The van der Waals surface area contributed by atoms with Gasteiger partial charge in [-0.25, -0.2) is 8.42 Å². The van der Waals surface area contributed by atoms with Crippen LogP contribution in [0, 0.1) is 6.92 Å². The Morgan fingerprint density at radius 2 is 1.70 bits per heavy atom. The molecule has 3 aromatic rings. The molecule has 0 fully saturated rings. The highest BCUT2D eigenvalue weighted by Crippen LogP contribution is 2.25. The smallest absolute Gasteiger partial charge is 0.258 e. The number of amides is 1. The van der Waals surface area contributed by atoms with Gasteiger partial charge in [0.15, 0.2) is 9.84 Å². The van der Waals surface area contributed by atoms with E-state index in [9.17, 15) is 18.0 Å². The average molecular weight is 427 g/mol. The van der Waals surface area contributed by atoms with Crippen molar-refractivity contribution in [3.8, 4) is 11.1 Å². The van der Waals surface area contributed by atoms with Crippen LogP contribution >= 0.6 is 0 Å². The molecular formula is C23H26N2O4S. The summed E-state index contributed by atoms with van der Waals surface area (Å²) in [6.07, 6.45) is 2.69. The summed E-state index contributed by atoms with van der Waals surface area (Å²) in [6.45, 7) is 3.54. The van der Waals surface area contributed by atoms with Gasteiger partial charge >= 0.3 is 0 Å². The van der Waals surface area contributed by atoms with E-state index in [-0.39, 0.29) is 18.5 Å². The summed E-state index contributed by atoms with van der Waals surface area (Å²) < 4.78 is 24.3. The maximum absolute atomic E-state index is 12.9. The molecule has 0 aliphatic carbocycles. The summed E-state index contributed by atoms with van der Waals surface area (Å²) in [7, 11) is -2.27. The van der Waals surface area contributed by atoms with Crippen molar-refractivity contribution in [3.63, 3.8) is 0 Å². The lowest BCUT2D eigenvalue weighted by Gasteiger charge is -2.26. The number of pyridine rings is 1. The second-order valence-corrected chi connectivity index (χ2v) is 10.3. The number of nitrogens with one attached hydrogen (secondary N) is 1. The Kier molecular flexibility index (Phi) is 5.85. The Morgan fingerprint density at radius 1 is 1.07 bits per heavy atom. The highest BCUT2D eigenvalue weighted by Gasteiger charge is 2.42. The Labute approximate surface area is 176 Å². The summed E-state index contributed by atoms with van der Waals surface area (Å²) in [6, 6.07) is 15.7. The fourth-order valence-electron chi connectivity index (χ4n) is 3.46. The first-order valence-electron chi connectivity index (χ1n) is 9.69. The van der Waals surface area contributed by atoms with E-state index in [1.54, 1.807) is 12.3 Å². The number of aryl methyl sites for hydroxylation is 2. The molecule has 1 atom stereocenters. The lowest BCUT2D eigenvalue weighted by molar-refractivity contribution is -0.123. The number of hydrogen-bond donors (Lipinski definition) is 1. The molecule has 0 radical (unpaired) electrons. The summed E-state index contributed by atoms with van der Waals surface area (Å²) in [5, 5.41) is 3.77. The number of carbonyl (C=O) groups is 1. The standard InChI is InChI=1S/C23H26N2O4S/c1-16-5-7-17(8-6-16)18-9-10-20-19(15-18)11-13-25(21(20)26)14-12-23(2,22(27)24-3)30(4,28)29/h5-11,13,15H,12,14H2,1-4H3,(H,24,27)/t23-/m1/s1. The minimum Gasteiger partial charge on any atom is -0.358 e. The van der Waals surface area contributed by atoms with Crippen LogP contribution in [0.4, 0.5) is 0 Å². The zero-order chi connectivity index (χ0) is 22.1. The van der Waals surface area contributed by atoms with Gasteiger partial charge in [0, 0.05) is 31.4 Å². The van der Waals surface area contributed by atoms with Crippen LogP contribution in [0.25, 0.3) is 21.9 Å². The van der Waals surface area contributed by atoms with Crippen LogP contribution in [0.1, 0.15) is 18.9 Å². The Hall–Kier alpha value is -2.93. The first kappa shape index (κ1) is 21.8. The number of fused-ring (bicyclic) bond motifs is 1. The molecule has 1 N–H and O–H groups in total. The monoisotopic (exact) mass is 426 g/mol. The van der Waals surface area contributed by atoms with E-state index in [2.05, 4.69) is 5.32 Å². The van der Waals surface area contributed by atoms with Crippen molar-refractivity contribution in [2.45, 2.75) is 31.6 Å². The van der Waals surface area contributed by atoms with Crippen molar-refractivity contribution < 1.29 is 13.2 Å². The Morgan fingerprint density at radius 3 is 2.30 bits per heavy atom. The molecule has 0 saturated heterocycles. The van der Waals surface area contributed by atoms with Crippen LogP contribution in [-0.2, 0) is 21.2 Å². The second-order valence-electron chi connectivity index (χ2n) is 7.81. The van der Waals surface area contributed by atoms with Gasteiger partial charge in [-0.1, -0.05) is 35.9 Å². The predicted molar refractivity (Wildman–Crippen MR) is 120 cm³/mol. The van der Waals surface area contributed by atoms with Gasteiger partial charge in [-0.15, -0.1) is 0 Å².